The van der Waals surface area contributed by atoms with Gasteiger partial charge in [-0.25, -0.2) is 5.84 Å². The summed E-state index contributed by atoms with van der Waals surface area (Å²) in [6.07, 6.45) is 4.06. The number of rotatable bonds is 2. The van der Waals surface area contributed by atoms with Crippen LogP contribution in [0.1, 0.15) is 37.3 Å². The Balaban J connectivity index is 1.65. The van der Waals surface area contributed by atoms with Crippen molar-refractivity contribution >= 4 is 17.9 Å². The molecule has 1 atom stereocenters. The molecule has 0 spiro atoms. The molecule has 4 N–H and O–H groups in total. The summed E-state index contributed by atoms with van der Waals surface area (Å²) in [5.74, 6) is 5.93. The Labute approximate surface area is 117 Å². The van der Waals surface area contributed by atoms with E-state index in [9.17, 15) is 4.79 Å². The van der Waals surface area contributed by atoms with E-state index in [-0.39, 0.29) is 11.8 Å². The summed E-state index contributed by atoms with van der Waals surface area (Å²) < 4.78 is 3.54. The SMILES string of the molecule is NNC(=O)[C@H]1CC[C@H](C2NSc3ccccc32)CC1. The topological polar surface area (TPSA) is 67.1 Å². The number of amides is 1. The van der Waals surface area contributed by atoms with E-state index in [1.807, 2.05) is 0 Å². The Bertz CT molecular complexity index is 472. The summed E-state index contributed by atoms with van der Waals surface area (Å²) in [6, 6.07) is 9.00. The quantitative estimate of drug-likeness (QED) is 0.335. The van der Waals surface area contributed by atoms with E-state index in [1.54, 1.807) is 11.9 Å². The number of carbonyl (C=O) groups is 1. The van der Waals surface area contributed by atoms with E-state index < -0.39 is 0 Å². The Morgan fingerprint density at radius 3 is 2.74 bits per heavy atom. The molecule has 1 heterocycles. The van der Waals surface area contributed by atoms with E-state index in [1.165, 1.54) is 10.5 Å². The Morgan fingerprint density at radius 2 is 2.00 bits per heavy atom. The molecule has 0 aromatic heterocycles. The number of carbonyl (C=O) groups excluding carboxylic acids is 1. The molecule has 19 heavy (non-hydrogen) atoms. The summed E-state index contributed by atoms with van der Waals surface area (Å²) in [6.45, 7) is 0. The summed E-state index contributed by atoms with van der Waals surface area (Å²) in [5, 5.41) is 0. The molecule has 1 aliphatic heterocycles. The summed E-state index contributed by atoms with van der Waals surface area (Å²) in [7, 11) is 0. The zero-order chi connectivity index (χ0) is 13.2. The third-order valence-corrected chi connectivity index (χ3v) is 5.27. The maximum atomic E-state index is 11.5. The Hall–Kier alpha value is -1.04. The smallest absolute Gasteiger partial charge is 0.236 e. The van der Waals surface area contributed by atoms with Crippen LogP contribution in [-0.2, 0) is 4.79 Å². The first-order chi connectivity index (χ1) is 9.29. The average Bonchev–Trinajstić information content (AvgIpc) is 2.90. The van der Waals surface area contributed by atoms with Gasteiger partial charge in [0, 0.05) is 16.9 Å². The van der Waals surface area contributed by atoms with E-state index in [4.69, 9.17) is 5.84 Å². The zero-order valence-corrected chi connectivity index (χ0v) is 11.6. The lowest BCUT2D eigenvalue weighted by atomic mass is 9.77. The van der Waals surface area contributed by atoms with Crippen molar-refractivity contribution in [1.82, 2.24) is 10.1 Å². The van der Waals surface area contributed by atoms with Crippen LogP contribution in [0.3, 0.4) is 0 Å². The molecule has 5 heteroatoms. The molecule has 1 aliphatic carbocycles. The highest BCUT2D eigenvalue weighted by molar-refractivity contribution is 7.97. The molecule has 0 radical (unpaired) electrons. The number of hydrazine groups is 1. The first-order valence-corrected chi connectivity index (χ1v) is 7.63. The number of nitrogens with two attached hydrogens (primary N) is 1. The van der Waals surface area contributed by atoms with Crippen LogP contribution < -0.4 is 16.0 Å². The Morgan fingerprint density at radius 1 is 1.26 bits per heavy atom. The lowest BCUT2D eigenvalue weighted by Crippen LogP contribution is -2.38. The van der Waals surface area contributed by atoms with Crippen molar-refractivity contribution in [2.75, 3.05) is 0 Å². The fourth-order valence-corrected chi connectivity index (χ4v) is 4.24. The van der Waals surface area contributed by atoms with Crippen LogP contribution in [0.25, 0.3) is 0 Å². The van der Waals surface area contributed by atoms with Gasteiger partial charge < -0.3 is 0 Å². The Kier molecular flexibility index (Phi) is 3.77. The highest BCUT2D eigenvalue weighted by Crippen LogP contribution is 2.44. The van der Waals surface area contributed by atoms with Crippen LogP contribution in [0.5, 0.6) is 0 Å². The van der Waals surface area contributed by atoms with Gasteiger partial charge in [0.15, 0.2) is 0 Å². The van der Waals surface area contributed by atoms with Gasteiger partial charge in [-0.15, -0.1) is 0 Å². The predicted octanol–water partition coefficient (Wildman–Crippen LogP) is 2.13. The van der Waals surface area contributed by atoms with Gasteiger partial charge in [0.25, 0.3) is 0 Å². The molecule has 4 nitrogen and oxygen atoms in total. The molecule has 102 valence electrons. The highest BCUT2D eigenvalue weighted by atomic mass is 32.2. The van der Waals surface area contributed by atoms with Gasteiger partial charge in [0.1, 0.15) is 0 Å². The van der Waals surface area contributed by atoms with Gasteiger partial charge in [0.2, 0.25) is 5.91 Å². The van der Waals surface area contributed by atoms with Crippen molar-refractivity contribution in [1.29, 1.82) is 0 Å². The normalized spacial score (nSPS) is 29.8. The monoisotopic (exact) mass is 277 g/mol. The maximum Gasteiger partial charge on any atom is 0.236 e. The minimum atomic E-state index is -0.00685. The van der Waals surface area contributed by atoms with Gasteiger partial charge in [-0.1, -0.05) is 18.2 Å². The second kappa shape index (κ2) is 5.53. The van der Waals surface area contributed by atoms with Gasteiger partial charge in [-0.05, 0) is 55.2 Å². The minimum absolute atomic E-state index is 0.00685. The third kappa shape index (κ3) is 2.50. The van der Waals surface area contributed by atoms with Crippen molar-refractivity contribution in [3.63, 3.8) is 0 Å². The van der Waals surface area contributed by atoms with Crippen LogP contribution in [0.4, 0.5) is 0 Å². The number of hydrogen-bond acceptors (Lipinski definition) is 4. The summed E-state index contributed by atoms with van der Waals surface area (Å²) in [4.78, 5) is 12.9. The van der Waals surface area contributed by atoms with E-state index in [2.05, 4.69) is 34.4 Å². The maximum absolute atomic E-state index is 11.5. The van der Waals surface area contributed by atoms with Gasteiger partial charge in [-0.2, -0.15) is 0 Å². The fraction of sp³-hybridized carbons (Fsp3) is 0.500. The van der Waals surface area contributed by atoms with E-state index in [0.29, 0.717) is 12.0 Å². The van der Waals surface area contributed by atoms with E-state index in [0.717, 1.165) is 25.7 Å². The number of hydrogen-bond donors (Lipinski definition) is 3. The molecule has 1 unspecified atom stereocenters. The lowest BCUT2D eigenvalue weighted by Gasteiger charge is -2.31. The van der Waals surface area contributed by atoms with Crippen LogP contribution in [0, 0.1) is 11.8 Å². The van der Waals surface area contributed by atoms with Gasteiger partial charge in [-0.3, -0.25) is 14.9 Å². The molecular formula is C14H19N3OS. The predicted molar refractivity (Wildman–Crippen MR) is 76.0 cm³/mol. The molecule has 0 bridgehead atoms. The molecule has 0 saturated heterocycles. The largest absolute Gasteiger partial charge is 0.294 e. The summed E-state index contributed by atoms with van der Waals surface area (Å²) >= 11 is 1.73. The molecule has 1 aromatic rings. The van der Waals surface area contributed by atoms with Crippen LogP contribution in [0.15, 0.2) is 29.2 Å². The van der Waals surface area contributed by atoms with Crippen LogP contribution in [-0.4, -0.2) is 5.91 Å². The molecule has 1 aromatic carbocycles. The van der Waals surface area contributed by atoms with Gasteiger partial charge >= 0.3 is 0 Å². The molecule has 2 aliphatic rings. The molecule has 1 fully saturated rings. The standard InChI is InChI=1S/C14H19N3OS/c15-16-14(18)10-7-5-9(6-8-10)13-11-3-1-2-4-12(11)19-17-13/h1-4,9-10,13,17H,5-8,15H2,(H,16,18)/t9-,10-,13?. The number of benzene rings is 1. The minimum Gasteiger partial charge on any atom is -0.294 e. The molecular weight excluding hydrogens is 258 g/mol. The third-order valence-electron chi connectivity index (χ3n) is 4.31. The average molecular weight is 277 g/mol. The highest BCUT2D eigenvalue weighted by Gasteiger charge is 2.34. The lowest BCUT2D eigenvalue weighted by molar-refractivity contribution is -0.126. The van der Waals surface area contributed by atoms with Crippen molar-refractivity contribution in [3.8, 4) is 0 Å². The zero-order valence-electron chi connectivity index (χ0n) is 10.8. The van der Waals surface area contributed by atoms with Gasteiger partial charge in [0.05, 0.1) is 0 Å². The van der Waals surface area contributed by atoms with E-state index >= 15 is 0 Å². The first kappa shape index (κ1) is 13.0. The van der Waals surface area contributed by atoms with Crippen molar-refractivity contribution in [2.24, 2.45) is 17.7 Å². The molecule has 1 amide bonds. The summed E-state index contributed by atoms with van der Waals surface area (Å²) in [5.41, 5.74) is 3.69. The number of fused-ring (bicyclic) bond motifs is 1. The molecule has 1 saturated carbocycles. The van der Waals surface area contributed by atoms with Crippen molar-refractivity contribution in [2.45, 2.75) is 36.6 Å². The second-order valence-corrected chi connectivity index (χ2v) is 6.24. The molecule has 3 rings (SSSR count). The first-order valence-electron chi connectivity index (χ1n) is 6.81. The fourth-order valence-electron chi connectivity index (χ4n) is 3.20. The number of nitrogens with one attached hydrogen (secondary N) is 2. The van der Waals surface area contributed by atoms with Crippen molar-refractivity contribution in [3.05, 3.63) is 29.8 Å². The second-order valence-electron chi connectivity index (χ2n) is 5.36. The van der Waals surface area contributed by atoms with Crippen LogP contribution >= 0.6 is 11.9 Å². The van der Waals surface area contributed by atoms with Crippen LogP contribution in [0.2, 0.25) is 0 Å². The van der Waals surface area contributed by atoms with Crippen molar-refractivity contribution < 1.29 is 4.79 Å².